The number of hydrogen-bond donors (Lipinski definition) is 2. The fourth-order valence-electron chi connectivity index (χ4n) is 3.47. The maximum atomic E-state index is 12.6. The Morgan fingerprint density at radius 2 is 1.71 bits per heavy atom. The van der Waals surface area contributed by atoms with Gasteiger partial charge in [-0.15, -0.1) is 0 Å². The predicted octanol–water partition coefficient (Wildman–Crippen LogP) is 1.39. The first-order chi connectivity index (χ1) is 10.2. The first-order valence-electron chi connectivity index (χ1n) is 7.52. The summed E-state index contributed by atoms with van der Waals surface area (Å²) >= 11 is 0. The number of amidine groups is 1. The van der Waals surface area contributed by atoms with Gasteiger partial charge in [0.25, 0.3) is 0 Å². The molecular formula is C16H21N3O2. The van der Waals surface area contributed by atoms with E-state index in [4.69, 9.17) is 10.9 Å². The van der Waals surface area contributed by atoms with Crippen LogP contribution in [0.1, 0.15) is 24.0 Å². The van der Waals surface area contributed by atoms with Gasteiger partial charge in [0.1, 0.15) is 5.84 Å². The third-order valence-electron chi connectivity index (χ3n) is 4.74. The maximum Gasteiger partial charge on any atom is 0.226 e. The SMILES string of the molecule is N/C(=N/O)C1CCN(C(=O)C2Cc3ccccc3C2)CC1. The number of nitrogens with zero attached hydrogens (tertiary/aromatic N) is 2. The van der Waals surface area contributed by atoms with E-state index in [1.807, 2.05) is 17.0 Å². The summed E-state index contributed by atoms with van der Waals surface area (Å²) < 4.78 is 0. The third-order valence-corrected chi connectivity index (χ3v) is 4.74. The fourth-order valence-corrected chi connectivity index (χ4v) is 3.47. The number of carbonyl (C=O) groups is 1. The molecule has 1 saturated heterocycles. The highest BCUT2D eigenvalue weighted by atomic mass is 16.4. The van der Waals surface area contributed by atoms with Crippen LogP contribution in [-0.2, 0) is 17.6 Å². The summed E-state index contributed by atoms with van der Waals surface area (Å²) in [6, 6.07) is 8.31. The maximum absolute atomic E-state index is 12.6. The van der Waals surface area contributed by atoms with Gasteiger partial charge in [0.05, 0.1) is 0 Å². The summed E-state index contributed by atoms with van der Waals surface area (Å²) in [6.45, 7) is 1.40. The van der Waals surface area contributed by atoms with Crippen LogP contribution in [0.15, 0.2) is 29.4 Å². The number of rotatable bonds is 2. The molecule has 0 saturated carbocycles. The highest BCUT2D eigenvalue weighted by Gasteiger charge is 2.32. The molecule has 1 aliphatic heterocycles. The second kappa shape index (κ2) is 5.76. The summed E-state index contributed by atoms with van der Waals surface area (Å²) in [5.74, 6) is 0.724. The Balaban J connectivity index is 1.59. The molecule has 0 aromatic heterocycles. The van der Waals surface area contributed by atoms with Gasteiger partial charge >= 0.3 is 0 Å². The first-order valence-corrected chi connectivity index (χ1v) is 7.52. The number of likely N-dealkylation sites (tertiary alicyclic amines) is 1. The van der Waals surface area contributed by atoms with Crippen molar-refractivity contribution in [3.05, 3.63) is 35.4 Å². The number of amides is 1. The van der Waals surface area contributed by atoms with Crippen molar-refractivity contribution in [1.82, 2.24) is 4.90 Å². The Morgan fingerprint density at radius 3 is 2.24 bits per heavy atom. The van der Waals surface area contributed by atoms with Crippen molar-refractivity contribution in [3.63, 3.8) is 0 Å². The topological polar surface area (TPSA) is 78.9 Å². The van der Waals surface area contributed by atoms with E-state index in [0.717, 1.165) is 25.7 Å². The Morgan fingerprint density at radius 1 is 1.14 bits per heavy atom. The molecule has 3 rings (SSSR count). The van der Waals surface area contributed by atoms with Crippen LogP contribution in [0.4, 0.5) is 0 Å². The summed E-state index contributed by atoms with van der Waals surface area (Å²) in [7, 11) is 0. The fraction of sp³-hybridized carbons (Fsp3) is 0.500. The largest absolute Gasteiger partial charge is 0.409 e. The van der Waals surface area contributed by atoms with Gasteiger partial charge in [-0.2, -0.15) is 0 Å². The van der Waals surface area contributed by atoms with Crippen molar-refractivity contribution in [3.8, 4) is 0 Å². The van der Waals surface area contributed by atoms with Gasteiger partial charge in [0.2, 0.25) is 5.91 Å². The van der Waals surface area contributed by atoms with Gasteiger partial charge in [0.15, 0.2) is 0 Å². The number of oxime groups is 1. The third kappa shape index (κ3) is 2.73. The average Bonchev–Trinajstić information content (AvgIpc) is 2.97. The molecule has 0 bridgehead atoms. The minimum atomic E-state index is 0.0859. The Labute approximate surface area is 124 Å². The molecule has 1 aliphatic carbocycles. The summed E-state index contributed by atoms with van der Waals surface area (Å²) in [5.41, 5.74) is 8.26. The van der Waals surface area contributed by atoms with E-state index in [0.29, 0.717) is 13.1 Å². The van der Waals surface area contributed by atoms with E-state index in [1.54, 1.807) is 0 Å². The van der Waals surface area contributed by atoms with Crippen LogP contribution in [0.5, 0.6) is 0 Å². The van der Waals surface area contributed by atoms with E-state index in [-0.39, 0.29) is 23.6 Å². The lowest BCUT2D eigenvalue weighted by Crippen LogP contribution is -2.44. The Hall–Kier alpha value is -2.04. The molecular weight excluding hydrogens is 266 g/mol. The minimum Gasteiger partial charge on any atom is -0.409 e. The average molecular weight is 287 g/mol. The number of nitrogens with two attached hydrogens (primary N) is 1. The van der Waals surface area contributed by atoms with Crippen LogP contribution >= 0.6 is 0 Å². The van der Waals surface area contributed by atoms with E-state index in [2.05, 4.69) is 17.3 Å². The lowest BCUT2D eigenvalue weighted by atomic mass is 9.94. The molecule has 21 heavy (non-hydrogen) atoms. The molecule has 112 valence electrons. The van der Waals surface area contributed by atoms with Crippen molar-refractivity contribution < 1.29 is 10.0 Å². The van der Waals surface area contributed by atoms with E-state index >= 15 is 0 Å². The highest BCUT2D eigenvalue weighted by molar-refractivity contribution is 5.83. The molecule has 0 spiro atoms. The van der Waals surface area contributed by atoms with E-state index in [1.165, 1.54) is 11.1 Å². The second-order valence-corrected chi connectivity index (χ2v) is 6.00. The van der Waals surface area contributed by atoms with Gasteiger partial charge in [-0.3, -0.25) is 4.79 Å². The van der Waals surface area contributed by atoms with Gasteiger partial charge < -0.3 is 15.8 Å². The molecule has 1 heterocycles. The quantitative estimate of drug-likeness (QED) is 0.373. The molecule has 5 nitrogen and oxygen atoms in total. The number of piperidine rings is 1. The van der Waals surface area contributed by atoms with Crippen molar-refractivity contribution >= 4 is 11.7 Å². The normalized spacial score (nSPS) is 20.6. The second-order valence-electron chi connectivity index (χ2n) is 6.00. The summed E-state index contributed by atoms with van der Waals surface area (Å²) in [4.78, 5) is 14.6. The molecule has 1 aromatic carbocycles. The van der Waals surface area contributed by atoms with Crippen LogP contribution in [-0.4, -0.2) is 34.9 Å². The molecule has 1 amide bonds. The summed E-state index contributed by atoms with van der Waals surface area (Å²) in [5, 5.41) is 11.8. The predicted molar refractivity (Wildman–Crippen MR) is 80.1 cm³/mol. The van der Waals surface area contributed by atoms with Crippen molar-refractivity contribution in [1.29, 1.82) is 0 Å². The molecule has 5 heteroatoms. The smallest absolute Gasteiger partial charge is 0.226 e. The van der Waals surface area contributed by atoms with Crippen LogP contribution < -0.4 is 5.73 Å². The van der Waals surface area contributed by atoms with Crippen molar-refractivity contribution in [2.75, 3.05) is 13.1 Å². The van der Waals surface area contributed by atoms with Crippen LogP contribution in [0.25, 0.3) is 0 Å². The minimum absolute atomic E-state index is 0.0859. The lowest BCUT2D eigenvalue weighted by Gasteiger charge is -2.33. The number of fused-ring (bicyclic) bond motifs is 1. The van der Waals surface area contributed by atoms with E-state index < -0.39 is 0 Å². The monoisotopic (exact) mass is 287 g/mol. The summed E-state index contributed by atoms with van der Waals surface area (Å²) in [6.07, 6.45) is 3.27. The first kappa shape index (κ1) is 13.9. The molecule has 1 fully saturated rings. The Bertz CT molecular complexity index is 537. The molecule has 1 aromatic rings. The molecule has 0 radical (unpaired) electrons. The standard InChI is InChI=1S/C16H21N3O2/c17-15(18-21)11-5-7-19(8-6-11)16(20)14-9-12-3-1-2-4-13(12)10-14/h1-4,11,14,21H,5-10H2,(H2,17,18). The molecule has 0 atom stereocenters. The zero-order chi connectivity index (χ0) is 14.8. The van der Waals surface area contributed by atoms with Gasteiger partial charge in [-0.1, -0.05) is 29.4 Å². The zero-order valence-corrected chi connectivity index (χ0v) is 12.0. The molecule has 0 unspecified atom stereocenters. The molecule has 2 aliphatic rings. The molecule has 3 N–H and O–H groups in total. The van der Waals surface area contributed by atoms with E-state index in [9.17, 15) is 4.79 Å². The number of hydrogen-bond acceptors (Lipinski definition) is 3. The van der Waals surface area contributed by atoms with Crippen LogP contribution in [0, 0.1) is 11.8 Å². The number of benzene rings is 1. The lowest BCUT2D eigenvalue weighted by molar-refractivity contribution is -0.136. The van der Waals surface area contributed by atoms with Gasteiger partial charge in [-0.25, -0.2) is 0 Å². The number of carbonyl (C=O) groups excluding carboxylic acids is 1. The zero-order valence-electron chi connectivity index (χ0n) is 12.0. The van der Waals surface area contributed by atoms with Crippen molar-refractivity contribution in [2.24, 2.45) is 22.7 Å². The Kier molecular flexibility index (Phi) is 3.82. The van der Waals surface area contributed by atoms with Crippen molar-refractivity contribution in [2.45, 2.75) is 25.7 Å². The van der Waals surface area contributed by atoms with Gasteiger partial charge in [-0.05, 0) is 36.8 Å². The van der Waals surface area contributed by atoms with Crippen LogP contribution in [0.3, 0.4) is 0 Å². The van der Waals surface area contributed by atoms with Gasteiger partial charge in [0, 0.05) is 24.9 Å². The highest BCUT2D eigenvalue weighted by Crippen LogP contribution is 2.29. The van der Waals surface area contributed by atoms with Crippen LogP contribution in [0.2, 0.25) is 0 Å².